The first kappa shape index (κ1) is 23.5. The number of nitrogens with one attached hydrogen (secondary N) is 2. The number of hydrazone groups is 1. The number of anilines is 1. The van der Waals surface area contributed by atoms with Crippen LogP contribution in [0.3, 0.4) is 0 Å². The lowest BCUT2D eigenvalue weighted by Crippen LogP contribution is -2.32. The molecule has 33 heavy (non-hydrogen) atoms. The van der Waals surface area contributed by atoms with Gasteiger partial charge in [-0.2, -0.15) is 5.10 Å². The minimum absolute atomic E-state index is 0.204. The van der Waals surface area contributed by atoms with Crippen molar-refractivity contribution in [2.45, 2.75) is 6.92 Å². The Bertz CT molecular complexity index is 1200. The summed E-state index contributed by atoms with van der Waals surface area (Å²) in [6.07, 6.45) is 1.26. The van der Waals surface area contributed by atoms with Crippen LogP contribution in [-0.2, 0) is 9.59 Å². The molecule has 0 aliphatic rings. The maximum absolute atomic E-state index is 12.4. The molecule has 0 spiro atoms. The van der Waals surface area contributed by atoms with Crippen LogP contribution in [0.5, 0.6) is 11.5 Å². The monoisotopic (exact) mass is 465 g/mol. The highest BCUT2D eigenvalue weighted by Gasteiger charge is 2.16. The van der Waals surface area contributed by atoms with Gasteiger partial charge < -0.3 is 14.8 Å². The van der Waals surface area contributed by atoms with Gasteiger partial charge in [0.1, 0.15) is 11.5 Å². The minimum atomic E-state index is -0.983. The average Bonchev–Trinajstić information content (AvgIpc) is 2.81. The Morgan fingerprint density at radius 2 is 1.58 bits per heavy atom. The Hall–Kier alpha value is -4.17. The van der Waals surface area contributed by atoms with Gasteiger partial charge >= 0.3 is 17.8 Å². The molecular formula is C24H20ClN3O5. The Kier molecular flexibility index (Phi) is 8.15. The maximum atomic E-state index is 12.4. The molecular weight excluding hydrogens is 446 g/mol. The van der Waals surface area contributed by atoms with Crippen molar-refractivity contribution in [3.8, 4) is 11.5 Å². The molecule has 9 heteroatoms. The smallest absolute Gasteiger partial charge is 0.345 e. The van der Waals surface area contributed by atoms with Gasteiger partial charge in [0.25, 0.3) is 0 Å². The molecule has 8 nitrogen and oxygen atoms in total. The fraction of sp³-hybridized carbons (Fsp3) is 0.0833. The number of hydrogen-bond donors (Lipinski definition) is 2. The van der Waals surface area contributed by atoms with E-state index >= 15 is 0 Å². The number of rotatable bonds is 7. The number of amides is 2. The maximum Gasteiger partial charge on any atom is 0.345 e. The second-order valence-electron chi connectivity index (χ2n) is 6.49. The SMILES string of the molecule is CCOc1ccccc1NC(=O)C(=O)NN=Cc1ccccc1OC(=O)c1ccccc1Cl. The normalized spacial score (nSPS) is 10.5. The zero-order chi connectivity index (χ0) is 23.6. The van der Waals surface area contributed by atoms with E-state index in [4.69, 9.17) is 21.1 Å². The van der Waals surface area contributed by atoms with Crippen LogP contribution in [-0.4, -0.2) is 30.6 Å². The molecule has 0 saturated heterocycles. The number of nitrogens with zero attached hydrogens (tertiary/aromatic N) is 1. The quantitative estimate of drug-likeness (QED) is 0.180. The number of halogens is 1. The molecule has 0 fully saturated rings. The number of esters is 1. The number of carbonyl (C=O) groups excluding carboxylic acids is 3. The minimum Gasteiger partial charge on any atom is -0.492 e. The lowest BCUT2D eigenvalue weighted by atomic mass is 10.2. The Morgan fingerprint density at radius 1 is 0.909 bits per heavy atom. The molecule has 3 aromatic rings. The molecule has 0 atom stereocenters. The van der Waals surface area contributed by atoms with Gasteiger partial charge in [0.05, 0.1) is 29.1 Å². The third kappa shape index (κ3) is 6.41. The van der Waals surface area contributed by atoms with Crippen LogP contribution in [0.4, 0.5) is 5.69 Å². The first-order valence-electron chi connectivity index (χ1n) is 9.91. The summed E-state index contributed by atoms with van der Waals surface area (Å²) in [5, 5.41) is 6.52. The number of benzene rings is 3. The first-order chi connectivity index (χ1) is 16.0. The van der Waals surface area contributed by atoms with Crippen LogP contribution in [0.25, 0.3) is 0 Å². The summed E-state index contributed by atoms with van der Waals surface area (Å²) >= 11 is 6.04. The Morgan fingerprint density at radius 3 is 2.33 bits per heavy atom. The largest absolute Gasteiger partial charge is 0.492 e. The predicted octanol–water partition coefficient (Wildman–Crippen LogP) is 4.05. The second kappa shape index (κ2) is 11.4. The predicted molar refractivity (Wildman–Crippen MR) is 125 cm³/mol. The van der Waals surface area contributed by atoms with Crippen molar-refractivity contribution in [3.05, 3.63) is 88.9 Å². The van der Waals surface area contributed by atoms with Crippen LogP contribution >= 0.6 is 11.6 Å². The van der Waals surface area contributed by atoms with Crippen molar-refractivity contribution < 1.29 is 23.9 Å². The van der Waals surface area contributed by atoms with Gasteiger partial charge in [0.2, 0.25) is 0 Å². The summed E-state index contributed by atoms with van der Waals surface area (Å²) in [6, 6.07) is 19.8. The van der Waals surface area contributed by atoms with Gasteiger partial charge in [0.15, 0.2) is 0 Å². The highest BCUT2D eigenvalue weighted by Crippen LogP contribution is 2.23. The third-order valence-electron chi connectivity index (χ3n) is 4.23. The van der Waals surface area contributed by atoms with Crippen LogP contribution in [0.1, 0.15) is 22.8 Å². The number of ether oxygens (including phenoxy) is 2. The van der Waals surface area contributed by atoms with E-state index in [1.807, 2.05) is 6.92 Å². The molecule has 2 amide bonds. The van der Waals surface area contributed by atoms with Gasteiger partial charge in [-0.1, -0.05) is 48.0 Å². The zero-order valence-corrected chi connectivity index (χ0v) is 18.3. The van der Waals surface area contributed by atoms with E-state index in [-0.39, 0.29) is 16.3 Å². The van der Waals surface area contributed by atoms with Crippen LogP contribution in [0, 0.1) is 0 Å². The molecule has 2 N–H and O–H groups in total. The standard InChI is InChI=1S/C24H20ClN3O5/c1-2-32-21-14-8-6-12-19(21)27-22(29)23(30)28-26-15-16-9-3-7-13-20(16)33-24(31)17-10-4-5-11-18(17)25/h3-15H,2H2,1H3,(H,27,29)(H,28,30). The van der Waals surface area contributed by atoms with Crippen molar-refractivity contribution >= 4 is 41.3 Å². The Balaban J connectivity index is 1.64. The highest BCUT2D eigenvalue weighted by atomic mass is 35.5. The average molecular weight is 466 g/mol. The van der Waals surface area contributed by atoms with E-state index in [9.17, 15) is 14.4 Å². The Labute approximate surface area is 195 Å². The van der Waals surface area contributed by atoms with E-state index in [1.165, 1.54) is 6.21 Å². The van der Waals surface area contributed by atoms with Crippen molar-refractivity contribution in [1.29, 1.82) is 0 Å². The summed E-state index contributed by atoms with van der Waals surface area (Å²) in [6.45, 7) is 2.22. The first-order valence-corrected chi connectivity index (χ1v) is 10.3. The van der Waals surface area contributed by atoms with Crippen LogP contribution < -0.4 is 20.2 Å². The lowest BCUT2D eigenvalue weighted by Gasteiger charge is -2.10. The molecule has 0 unspecified atom stereocenters. The topological polar surface area (TPSA) is 106 Å². The van der Waals surface area contributed by atoms with Gasteiger partial charge in [-0.3, -0.25) is 9.59 Å². The number of hydrogen-bond acceptors (Lipinski definition) is 6. The molecule has 0 aliphatic heterocycles. The van der Waals surface area contributed by atoms with Crippen LogP contribution in [0.15, 0.2) is 77.9 Å². The van der Waals surface area contributed by atoms with Crippen molar-refractivity contribution in [2.24, 2.45) is 5.10 Å². The third-order valence-corrected chi connectivity index (χ3v) is 4.56. The van der Waals surface area contributed by atoms with Crippen molar-refractivity contribution in [2.75, 3.05) is 11.9 Å². The number of carbonyl (C=O) groups is 3. The van der Waals surface area contributed by atoms with Crippen LogP contribution in [0.2, 0.25) is 5.02 Å². The molecule has 3 aromatic carbocycles. The second-order valence-corrected chi connectivity index (χ2v) is 6.90. The van der Waals surface area contributed by atoms with E-state index in [1.54, 1.807) is 72.8 Å². The van der Waals surface area contributed by atoms with Gasteiger partial charge in [-0.25, -0.2) is 10.2 Å². The van der Waals surface area contributed by atoms with Gasteiger partial charge in [-0.05, 0) is 43.3 Å². The van der Waals surface area contributed by atoms with E-state index in [0.29, 0.717) is 23.6 Å². The highest BCUT2D eigenvalue weighted by molar-refractivity contribution is 6.39. The van der Waals surface area contributed by atoms with Gasteiger partial charge in [-0.15, -0.1) is 0 Å². The number of para-hydroxylation sites is 3. The summed E-state index contributed by atoms with van der Waals surface area (Å²) in [5.41, 5.74) is 3.12. The molecule has 0 aliphatic carbocycles. The molecule has 0 bridgehead atoms. The molecule has 0 heterocycles. The molecule has 0 aromatic heterocycles. The van der Waals surface area contributed by atoms with Gasteiger partial charge in [0, 0.05) is 5.56 Å². The van der Waals surface area contributed by atoms with Crippen molar-refractivity contribution in [1.82, 2.24) is 5.43 Å². The molecule has 168 valence electrons. The molecule has 0 saturated carbocycles. The van der Waals surface area contributed by atoms with E-state index in [2.05, 4.69) is 15.8 Å². The summed E-state index contributed by atoms with van der Waals surface area (Å²) < 4.78 is 10.8. The fourth-order valence-corrected chi connectivity index (χ4v) is 2.92. The van der Waals surface area contributed by atoms with Crippen molar-refractivity contribution in [3.63, 3.8) is 0 Å². The lowest BCUT2D eigenvalue weighted by molar-refractivity contribution is -0.136. The van der Waals surface area contributed by atoms with E-state index < -0.39 is 17.8 Å². The summed E-state index contributed by atoms with van der Waals surface area (Å²) in [7, 11) is 0. The van der Waals surface area contributed by atoms with E-state index in [0.717, 1.165) is 0 Å². The molecule has 0 radical (unpaired) electrons. The zero-order valence-electron chi connectivity index (χ0n) is 17.6. The summed E-state index contributed by atoms with van der Waals surface area (Å²) in [4.78, 5) is 36.7. The fourth-order valence-electron chi connectivity index (χ4n) is 2.70. The molecule has 3 rings (SSSR count). The summed E-state index contributed by atoms with van der Waals surface area (Å²) in [5.74, 6) is -1.90.